The average Bonchev–Trinajstić information content (AvgIpc) is 2.15. The van der Waals surface area contributed by atoms with Gasteiger partial charge in [-0.15, -0.1) is 0 Å². The molecule has 0 heterocycles. The van der Waals surface area contributed by atoms with Gasteiger partial charge in [0.1, 0.15) is 4.90 Å². The zero-order chi connectivity index (χ0) is 13.1. The summed E-state index contributed by atoms with van der Waals surface area (Å²) in [6.07, 6.45) is 0. The van der Waals surface area contributed by atoms with Gasteiger partial charge in [0.05, 0.1) is 16.7 Å². The number of halogens is 3. The highest BCUT2D eigenvalue weighted by atomic mass is 79.9. The van der Waals surface area contributed by atoms with Crippen LogP contribution in [0.5, 0.6) is 0 Å². The molecule has 1 aromatic rings. The van der Waals surface area contributed by atoms with E-state index in [1.807, 2.05) is 0 Å². The quantitative estimate of drug-likeness (QED) is 0.819. The number of methoxy groups -OCH3 is 1. The molecule has 0 amide bonds. The zero-order valence-electron chi connectivity index (χ0n) is 8.84. The Morgan fingerprint density at radius 2 is 1.88 bits per heavy atom. The van der Waals surface area contributed by atoms with Crippen LogP contribution in [0.1, 0.15) is 0 Å². The van der Waals surface area contributed by atoms with E-state index in [9.17, 15) is 8.42 Å². The second-order valence-corrected chi connectivity index (χ2v) is 6.52. The van der Waals surface area contributed by atoms with Crippen molar-refractivity contribution in [2.45, 2.75) is 4.90 Å². The molecule has 0 aliphatic carbocycles. The third kappa shape index (κ3) is 4.08. The Kier molecular flexibility index (Phi) is 5.69. The van der Waals surface area contributed by atoms with Crippen molar-refractivity contribution >= 4 is 49.2 Å². The van der Waals surface area contributed by atoms with E-state index in [1.165, 1.54) is 19.2 Å². The molecule has 0 saturated carbocycles. The first-order valence-corrected chi connectivity index (χ1v) is 7.55. The minimum atomic E-state index is -3.73. The minimum absolute atomic E-state index is 0.0642. The molecule has 96 valence electrons. The van der Waals surface area contributed by atoms with Gasteiger partial charge in [-0.05, 0) is 12.1 Å². The smallest absolute Gasteiger partial charge is 0.243 e. The predicted octanol–water partition coefficient (Wildman–Crippen LogP) is 2.68. The summed E-state index contributed by atoms with van der Waals surface area (Å²) in [6.45, 7) is 0.423. The molecule has 0 atom stereocenters. The first-order valence-electron chi connectivity index (χ1n) is 4.51. The third-order valence-corrected chi connectivity index (χ3v) is 4.67. The van der Waals surface area contributed by atoms with Gasteiger partial charge in [0, 0.05) is 18.1 Å². The lowest BCUT2D eigenvalue weighted by molar-refractivity contribution is 0.204. The Labute approximate surface area is 118 Å². The van der Waals surface area contributed by atoms with Crippen molar-refractivity contribution in [3.05, 3.63) is 26.7 Å². The van der Waals surface area contributed by atoms with Crippen molar-refractivity contribution in [2.75, 3.05) is 20.3 Å². The second-order valence-electron chi connectivity index (χ2n) is 3.09. The van der Waals surface area contributed by atoms with E-state index in [-0.39, 0.29) is 28.1 Å². The molecule has 0 bridgehead atoms. The van der Waals surface area contributed by atoms with Crippen LogP contribution in [0.4, 0.5) is 0 Å². The fraction of sp³-hybridized carbons (Fsp3) is 0.333. The first kappa shape index (κ1) is 15.2. The molecule has 0 fully saturated rings. The first-order chi connectivity index (χ1) is 7.88. The third-order valence-electron chi connectivity index (χ3n) is 1.83. The maximum absolute atomic E-state index is 11.9. The standard InChI is InChI=1S/C9H10BrCl2NO3S/c1-16-3-2-13-17(14,15)9-7(11)4-6(10)5-8(9)12/h4-5,13H,2-3H2,1H3. The molecule has 0 aliphatic heterocycles. The topological polar surface area (TPSA) is 55.4 Å². The second kappa shape index (κ2) is 6.36. The Morgan fingerprint density at radius 3 is 2.35 bits per heavy atom. The van der Waals surface area contributed by atoms with Crippen molar-refractivity contribution in [1.29, 1.82) is 0 Å². The molecule has 1 rings (SSSR count). The lowest BCUT2D eigenvalue weighted by Gasteiger charge is -2.10. The summed E-state index contributed by atoms with van der Waals surface area (Å²) in [5, 5.41) is 0.128. The number of benzene rings is 1. The van der Waals surface area contributed by atoms with Gasteiger partial charge in [0.25, 0.3) is 0 Å². The Morgan fingerprint density at radius 1 is 1.35 bits per heavy atom. The van der Waals surface area contributed by atoms with Crippen LogP contribution in [0.25, 0.3) is 0 Å². The monoisotopic (exact) mass is 361 g/mol. The van der Waals surface area contributed by atoms with Crippen LogP contribution in [0.15, 0.2) is 21.5 Å². The molecule has 0 unspecified atom stereocenters. The number of rotatable bonds is 5. The van der Waals surface area contributed by atoms with Gasteiger partial charge in [-0.1, -0.05) is 39.1 Å². The maximum atomic E-state index is 11.9. The molecule has 0 radical (unpaired) electrons. The summed E-state index contributed by atoms with van der Waals surface area (Å²) in [4.78, 5) is -0.125. The fourth-order valence-electron chi connectivity index (χ4n) is 1.14. The summed E-state index contributed by atoms with van der Waals surface area (Å²) >= 11 is 14.9. The molecule has 0 aromatic heterocycles. The van der Waals surface area contributed by atoms with Gasteiger partial charge < -0.3 is 4.74 Å². The van der Waals surface area contributed by atoms with E-state index in [4.69, 9.17) is 27.9 Å². The van der Waals surface area contributed by atoms with Crippen molar-refractivity contribution in [3.63, 3.8) is 0 Å². The Bertz CT molecular complexity index is 484. The van der Waals surface area contributed by atoms with Crippen LogP contribution in [0.2, 0.25) is 10.0 Å². The zero-order valence-corrected chi connectivity index (χ0v) is 12.8. The van der Waals surface area contributed by atoms with Crippen LogP contribution in [0, 0.1) is 0 Å². The molecule has 0 aliphatic rings. The van der Waals surface area contributed by atoms with Crippen LogP contribution < -0.4 is 4.72 Å². The molecule has 0 spiro atoms. The van der Waals surface area contributed by atoms with E-state index in [0.29, 0.717) is 4.47 Å². The summed E-state index contributed by atoms with van der Waals surface area (Å²) in [5.74, 6) is 0. The lowest BCUT2D eigenvalue weighted by Crippen LogP contribution is -2.27. The number of ether oxygens (including phenoxy) is 1. The highest BCUT2D eigenvalue weighted by Gasteiger charge is 2.21. The van der Waals surface area contributed by atoms with Gasteiger partial charge in [0.2, 0.25) is 10.0 Å². The predicted molar refractivity (Wildman–Crippen MR) is 71.2 cm³/mol. The highest BCUT2D eigenvalue weighted by molar-refractivity contribution is 9.10. The molecule has 8 heteroatoms. The average molecular weight is 363 g/mol. The summed E-state index contributed by atoms with van der Waals surface area (Å²) < 4.78 is 31.5. The van der Waals surface area contributed by atoms with E-state index in [1.54, 1.807) is 0 Å². The van der Waals surface area contributed by atoms with Crippen LogP contribution in [0.3, 0.4) is 0 Å². The number of sulfonamides is 1. The van der Waals surface area contributed by atoms with Crippen LogP contribution in [-0.2, 0) is 14.8 Å². The molecular weight excluding hydrogens is 353 g/mol. The van der Waals surface area contributed by atoms with Gasteiger partial charge >= 0.3 is 0 Å². The molecule has 4 nitrogen and oxygen atoms in total. The van der Waals surface area contributed by atoms with Gasteiger partial charge in [-0.25, -0.2) is 13.1 Å². The van der Waals surface area contributed by atoms with Crippen molar-refractivity contribution in [3.8, 4) is 0 Å². The normalized spacial score (nSPS) is 11.8. The van der Waals surface area contributed by atoms with E-state index in [2.05, 4.69) is 20.7 Å². The fourth-order valence-corrected chi connectivity index (χ4v) is 4.08. The van der Waals surface area contributed by atoms with Crippen molar-refractivity contribution < 1.29 is 13.2 Å². The molecule has 0 saturated heterocycles. The number of hydrogen-bond acceptors (Lipinski definition) is 3. The van der Waals surface area contributed by atoms with E-state index < -0.39 is 10.0 Å². The molecule has 1 aromatic carbocycles. The van der Waals surface area contributed by atoms with Gasteiger partial charge in [-0.2, -0.15) is 0 Å². The van der Waals surface area contributed by atoms with E-state index >= 15 is 0 Å². The number of nitrogens with one attached hydrogen (secondary N) is 1. The summed E-state index contributed by atoms with van der Waals surface area (Å²) in [6, 6.07) is 2.94. The lowest BCUT2D eigenvalue weighted by atomic mass is 10.4. The molecule has 17 heavy (non-hydrogen) atoms. The maximum Gasteiger partial charge on any atom is 0.243 e. The molecular formula is C9H10BrCl2NO3S. The largest absolute Gasteiger partial charge is 0.383 e. The Balaban J connectivity index is 3.07. The summed E-state index contributed by atoms with van der Waals surface area (Å²) in [7, 11) is -2.25. The number of hydrogen-bond donors (Lipinski definition) is 1. The van der Waals surface area contributed by atoms with Gasteiger partial charge in [0.15, 0.2) is 0 Å². The SMILES string of the molecule is COCCNS(=O)(=O)c1c(Cl)cc(Br)cc1Cl. The Hall–Kier alpha value is 0.150. The van der Waals surface area contributed by atoms with Crippen molar-refractivity contribution in [2.24, 2.45) is 0 Å². The van der Waals surface area contributed by atoms with E-state index in [0.717, 1.165) is 0 Å². The van der Waals surface area contributed by atoms with Crippen LogP contribution in [-0.4, -0.2) is 28.7 Å². The summed E-state index contributed by atoms with van der Waals surface area (Å²) in [5.41, 5.74) is 0. The highest BCUT2D eigenvalue weighted by Crippen LogP contribution is 2.32. The van der Waals surface area contributed by atoms with Gasteiger partial charge in [-0.3, -0.25) is 0 Å². The molecule has 1 N–H and O–H groups in total. The van der Waals surface area contributed by atoms with Crippen molar-refractivity contribution in [1.82, 2.24) is 4.72 Å². The minimum Gasteiger partial charge on any atom is -0.383 e. The van der Waals surface area contributed by atoms with Crippen LogP contribution >= 0.6 is 39.1 Å².